The maximum absolute atomic E-state index is 13.9. The fraction of sp³-hybridized carbons (Fsp3) is 0.462. The lowest BCUT2D eigenvalue weighted by Crippen LogP contribution is -2.14. The van der Waals surface area contributed by atoms with E-state index in [0.29, 0.717) is 24.0 Å². The molecule has 1 aromatic rings. The number of carbonyl (C=O) groups is 1. The largest absolute Gasteiger partial charge is 0.478 e. The van der Waals surface area contributed by atoms with Crippen molar-refractivity contribution in [3.05, 3.63) is 34.1 Å². The van der Waals surface area contributed by atoms with E-state index in [2.05, 4.69) is 0 Å². The zero-order valence-electron chi connectivity index (χ0n) is 9.35. The van der Waals surface area contributed by atoms with Gasteiger partial charge in [-0.3, -0.25) is 0 Å². The highest BCUT2D eigenvalue weighted by atomic mass is 19.1. The lowest BCUT2D eigenvalue weighted by atomic mass is 9.86. The normalized spacial score (nSPS) is 14.6. The predicted molar refractivity (Wildman–Crippen MR) is 59.4 cm³/mol. The summed E-state index contributed by atoms with van der Waals surface area (Å²) in [6, 6.07) is 1.84. The van der Waals surface area contributed by atoms with Gasteiger partial charge in [0.1, 0.15) is 5.82 Å². The minimum atomic E-state index is -1.13. The molecule has 1 aliphatic carbocycles. The first-order chi connectivity index (χ1) is 7.65. The summed E-state index contributed by atoms with van der Waals surface area (Å²) in [5.41, 5.74) is 2.18. The van der Waals surface area contributed by atoms with Gasteiger partial charge in [-0.25, -0.2) is 9.18 Å². The molecule has 0 fully saturated rings. The smallest absolute Gasteiger partial charge is 0.338 e. The summed E-state index contributed by atoms with van der Waals surface area (Å²) in [7, 11) is 0. The van der Waals surface area contributed by atoms with E-state index in [1.165, 1.54) is 0 Å². The Balaban J connectivity index is 2.67. The van der Waals surface area contributed by atoms with Crippen LogP contribution in [0.25, 0.3) is 0 Å². The average Bonchev–Trinajstić information content (AvgIpc) is 2.27. The van der Waals surface area contributed by atoms with Gasteiger partial charge in [-0.1, -0.05) is 13.0 Å². The number of fused-ring (bicyclic) bond motifs is 1. The molecule has 0 amide bonds. The van der Waals surface area contributed by atoms with E-state index in [4.69, 9.17) is 5.11 Å². The Morgan fingerprint density at radius 1 is 1.44 bits per heavy atom. The second kappa shape index (κ2) is 4.24. The number of halogens is 1. The van der Waals surface area contributed by atoms with Crippen molar-refractivity contribution in [3.63, 3.8) is 0 Å². The molecule has 2 rings (SSSR count). The Kier molecular flexibility index (Phi) is 2.95. The molecule has 0 radical (unpaired) electrons. The summed E-state index contributed by atoms with van der Waals surface area (Å²) in [6.07, 6.45) is 4.14. The molecular formula is C13H15FO2. The molecule has 0 atom stereocenters. The van der Waals surface area contributed by atoms with Gasteiger partial charge in [-0.15, -0.1) is 0 Å². The van der Waals surface area contributed by atoms with Crippen molar-refractivity contribution in [2.24, 2.45) is 0 Å². The Hall–Kier alpha value is -1.38. The summed E-state index contributed by atoms with van der Waals surface area (Å²) < 4.78 is 13.9. The molecule has 86 valence electrons. The van der Waals surface area contributed by atoms with Crippen molar-refractivity contribution in [1.82, 2.24) is 0 Å². The third-order valence-electron chi connectivity index (χ3n) is 3.26. The molecule has 1 aliphatic rings. The van der Waals surface area contributed by atoms with Crippen LogP contribution < -0.4 is 0 Å². The van der Waals surface area contributed by atoms with Crippen LogP contribution >= 0.6 is 0 Å². The molecule has 16 heavy (non-hydrogen) atoms. The van der Waals surface area contributed by atoms with Crippen molar-refractivity contribution < 1.29 is 14.3 Å². The Labute approximate surface area is 94.1 Å². The molecule has 1 N–H and O–H groups in total. The van der Waals surface area contributed by atoms with E-state index in [1.54, 1.807) is 0 Å². The highest BCUT2D eigenvalue weighted by Gasteiger charge is 2.23. The zero-order valence-corrected chi connectivity index (χ0v) is 9.35. The fourth-order valence-corrected chi connectivity index (χ4v) is 2.42. The fourth-order valence-electron chi connectivity index (χ4n) is 2.42. The number of hydrogen-bond donors (Lipinski definition) is 1. The highest BCUT2D eigenvalue weighted by Crippen LogP contribution is 2.29. The van der Waals surface area contributed by atoms with E-state index in [0.717, 1.165) is 24.8 Å². The van der Waals surface area contributed by atoms with Crippen LogP contribution in [0.4, 0.5) is 4.39 Å². The molecule has 3 heteroatoms. The van der Waals surface area contributed by atoms with Gasteiger partial charge in [0.25, 0.3) is 0 Å². The molecule has 0 aromatic heterocycles. The van der Waals surface area contributed by atoms with Crippen LogP contribution in [0.5, 0.6) is 0 Å². The topological polar surface area (TPSA) is 37.3 Å². The molecule has 0 saturated carbocycles. The van der Waals surface area contributed by atoms with Gasteiger partial charge < -0.3 is 5.11 Å². The molecule has 0 unspecified atom stereocenters. The summed E-state index contributed by atoms with van der Waals surface area (Å²) in [4.78, 5) is 11.1. The predicted octanol–water partition coefficient (Wildman–Crippen LogP) is 2.97. The van der Waals surface area contributed by atoms with Gasteiger partial charge in [0.2, 0.25) is 0 Å². The van der Waals surface area contributed by atoms with Gasteiger partial charge in [-0.05, 0) is 48.8 Å². The van der Waals surface area contributed by atoms with Crippen LogP contribution in [0.2, 0.25) is 0 Å². The van der Waals surface area contributed by atoms with Gasteiger partial charge in [0.05, 0.1) is 5.56 Å². The number of aryl methyl sites for hydroxylation is 2. The van der Waals surface area contributed by atoms with E-state index >= 15 is 0 Å². The van der Waals surface area contributed by atoms with Crippen LogP contribution in [-0.4, -0.2) is 11.1 Å². The standard InChI is InChI=1S/C13H15FO2/c1-2-8-7-9-5-3-4-6-10(9)11(12(8)14)13(15)16/h7H,2-6H2,1H3,(H,15,16). The third kappa shape index (κ3) is 1.70. The SMILES string of the molecule is CCc1cc2c(c(C(=O)O)c1F)CCCC2. The monoisotopic (exact) mass is 222 g/mol. The third-order valence-corrected chi connectivity index (χ3v) is 3.26. The van der Waals surface area contributed by atoms with E-state index in [-0.39, 0.29) is 5.56 Å². The van der Waals surface area contributed by atoms with Crippen molar-refractivity contribution >= 4 is 5.97 Å². The van der Waals surface area contributed by atoms with Gasteiger partial charge in [0, 0.05) is 0 Å². The molecule has 1 aromatic carbocycles. The Morgan fingerprint density at radius 2 is 2.12 bits per heavy atom. The summed E-state index contributed by atoms with van der Waals surface area (Å²) >= 11 is 0. The van der Waals surface area contributed by atoms with Crippen LogP contribution in [0.1, 0.15) is 46.8 Å². The number of benzene rings is 1. The van der Waals surface area contributed by atoms with Crippen LogP contribution in [0.15, 0.2) is 6.07 Å². The van der Waals surface area contributed by atoms with Crippen molar-refractivity contribution in [3.8, 4) is 0 Å². The average molecular weight is 222 g/mol. The first-order valence-electron chi connectivity index (χ1n) is 5.71. The molecule has 0 saturated heterocycles. The zero-order chi connectivity index (χ0) is 11.7. The van der Waals surface area contributed by atoms with Crippen molar-refractivity contribution in [2.75, 3.05) is 0 Å². The second-order valence-electron chi connectivity index (χ2n) is 4.23. The molecule has 0 spiro atoms. The van der Waals surface area contributed by atoms with E-state index < -0.39 is 11.8 Å². The van der Waals surface area contributed by atoms with Gasteiger partial charge in [0.15, 0.2) is 0 Å². The number of carboxylic acids is 1. The lowest BCUT2D eigenvalue weighted by Gasteiger charge is -2.20. The number of carboxylic acid groups (broad SMARTS) is 1. The molecule has 0 aliphatic heterocycles. The van der Waals surface area contributed by atoms with Crippen molar-refractivity contribution in [1.29, 1.82) is 0 Å². The lowest BCUT2D eigenvalue weighted by molar-refractivity contribution is 0.0690. The molecule has 0 bridgehead atoms. The summed E-state index contributed by atoms with van der Waals surface area (Å²) in [6.45, 7) is 1.85. The maximum atomic E-state index is 13.9. The molecule has 2 nitrogen and oxygen atoms in total. The van der Waals surface area contributed by atoms with Crippen molar-refractivity contribution in [2.45, 2.75) is 39.0 Å². The minimum absolute atomic E-state index is 0.0888. The van der Waals surface area contributed by atoms with Crippen LogP contribution in [0, 0.1) is 5.82 Å². The number of aromatic carboxylic acids is 1. The Morgan fingerprint density at radius 3 is 2.75 bits per heavy atom. The highest BCUT2D eigenvalue weighted by molar-refractivity contribution is 5.90. The summed E-state index contributed by atoms with van der Waals surface area (Å²) in [5.74, 6) is -1.67. The molecular weight excluding hydrogens is 207 g/mol. The van der Waals surface area contributed by atoms with Gasteiger partial charge in [-0.2, -0.15) is 0 Å². The minimum Gasteiger partial charge on any atom is -0.478 e. The van der Waals surface area contributed by atoms with Gasteiger partial charge >= 0.3 is 5.97 Å². The maximum Gasteiger partial charge on any atom is 0.338 e. The number of hydrogen-bond acceptors (Lipinski definition) is 1. The summed E-state index contributed by atoms with van der Waals surface area (Å²) in [5, 5.41) is 9.10. The van der Waals surface area contributed by atoms with E-state index in [9.17, 15) is 9.18 Å². The Bertz CT molecular complexity index is 438. The quantitative estimate of drug-likeness (QED) is 0.835. The number of rotatable bonds is 2. The first kappa shape index (κ1) is 11.1. The second-order valence-corrected chi connectivity index (χ2v) is 4.23. The van der Waals surface area contributed by atoms with Crippen LogP contribution in [0.3, 0.4) is 0 Å². The first-order valence-corrected chi connectivity index (χ1v) is 5.71. The van der Waals surface area contributed by atoms with Crippen LogP contribution in [-0.2, 0) is 19.3 Å². The molecule has 0 heterocycles. The van der Waals surface area contributed by atoms with E-state index in [1.807, 2.05) is 13.0 Å².